The van der Waals surface area contributed by atoms with Crippen LogP contribution in [0.15, 0.2) is 18.2 Å². The number of carbonyl (C=O) groups is 1. The Morgan fingerprint density at radius 3 is 3.12 bits per heavy atom. The van der Waals surface area contributed by atoms with Crippen LogP contribution in [0.4, 0.5) is 4.39 Å². The Labute approximate surface area is 92.7 Å². The first-order valence-corrected chi connectivity index (χ1v) is 5.27. The molecule has 4 nitrogen and oxygen atoms in total. The molecule has 0 bridgehead atoms. The van der Waals surface area contributed by atoms with Crippen molar-refractivity contribution in [3.05, 3.63) is 29.8 Å². The average molecular weight is 224 g/mol. The third-order valence-electron chi connectivity index (χ3n) is 2.78. The van der Waals surface area contributed by atoms with E-state index in [1.165, 1.54) is 18.2 Å². The van der Waals surface area contributed by atoms with Gasteiger partial charge >= 0.3 is 0 Å². The molecule has 1 N–H and O–H groups in total. The molecule has 86 valence electrons. The summed E-state index contributed by atoms with van der Waals surface area (Å²) in [4.78, 5) is 17.1. The fourth-order valence-electron chi connectivity index (χ4n) is 1.97. The number of carbonyl (C=O) groups excluding carboxylic acids is 1. The number of pyridine rings is 1. The van der Waals surface area contributed by atoms with E-state index in [4.69, 9.17) is 5.11 Å². The second kappa shape index (κ2) is 4.57. The van der Waals surface area contributed by atoms with Crippen molar-refractivity contribution in [3.8, 4) is 0 Å². The highest BCUT2D eigenvalue weighted by Gasteiger charge is 2.29. The van der Waals surface area contributed by atoms with E-state index in [0.717, 1.165) is 12.8 Å². The quantitative estimate of drug-likeness (QED) is 0.756. The lowest BCUT2D eigenvalue weighted by atomic mass is 10.2. The third-order valence-corrected chi connectivity index (χ3v) is 2.78. The molecule has 1 aromatic rings. The van der Waals surface area contributed by atoms with Crippen LogP contribution in [0.3, 0.4) is 0 Å². The zero-order chi connectivity index (χ0) is 11.5. The summed E-state index contributed by atoms with van der Waals surface area (Å²) in [6.45, 7) is 0.545. The summed E-state index contributed by atoms with van der Waals surface area (Å²) in [5.74, 6) is -0.971. The molecule has 0 spiro atoms. The Balaban J connectivity index is 2.18. The highest BCUT2D eigenvalue weighted by molar-refractivity contribution is 5.92. The van der Waals surface area contributed by atoms with Gasteiger partial charge in [-0.3, -0.25) is 4.79 Å². The summed E-state index contributed by atoms with van der Waals surface area (Å²) >= 11 is 0. The van der Waals surface area contributed by atoms with Gasteiger partial charge < -0.3 is 10.0 Å². The topological polar surface area (TPSA) is 53.4 Å². The van der Waals surface area contributed by atoms with E-state index in [-0.39, 0.29) is 24.2 Å². The highest BCUT2D eigenvalue weighted by atomic mass is 19.1. The van der Waals surface area contributed by atoms with Crippen LogP contribution in [0.5, 0.6) is 0 Å². The molecule has 1 fully saturated rings. The zero-order valence-electron chi connectivity index (χ0n) is 8.77. The van der Waals surface area contributed by atoms with Crippen molar-refractivity contribution in [2.75, 3.05) is 13.2 Å². The monoisotopic (exact) mass is 224 g/mol. The predicted octanol–water partition coefficient (Wildman–Crippen LogP) is 0.818. The second-order valence-corrected chi connectivity index (χ2v) is 3.82. The maximum Gasteiger partial charge on any atom is 0.272 e. The molecule has 0 aliphatic carbocycles. The SMILES string of the molecule is O=C(c1cccc(F)n1)N1CCCC1CO. The summed E-state index contributed by atoms with van der Waals surface area (Å²) in [5.41, 5.74) is 0.0975. The molecule has 2 rings (SSSR count). The van der Waals surface area contributed by atoms with Crippen molar-refractivity contribution in [2.24, 2.45) is 0 Å². The number of hydrogen-bond acceptors (Lipinski definition) is 3. The first kappa shape index (κ1) is 11.0. The number of aromatic nitrogens is 1. The molecule has 1 unspecified atom stereocenters. The Bertz CT molecular complexity index is 397. The number of amides is 1. The lowest BCUT2D eigenvalue weighted by Crippen LogP contribution is -2.38. The first-order chi connectivity index (χ1) is 7.72. The van der Waals surface area contributed by atoms with E-state index >= 15 is 0 Å². The maximum atomic E-state index is 12.9. The molecule has 1 aliphatic heterocycles. The van der Waals surface area contributed by atoms with E-state index in [2.05, 4.69) is 4.98 Å². The predicted molar refractivity (Wildman–Crippen MR) is 55.3 cm³/mol. The van der Waals surface area contributed by atoms with Gasteiger partial charge in [-0.15, -0.1) is 0 Å². The van der Waals surface area contributed by atoms with Crippen LogP contribution in [0, 0.1) is 5.95 Å². The van der Waals surface area contributed by atoms with Gasteiger partial charge in [-0.1, -0.05) is 6.07 Å². The van der Waals surface area contributed by atoms with Crippen molar-refractivity contribution < 1.29 is 14.3 Å². The van der Waals surface area contributed by atoms with Gasteiger partial charge in [-0.05, 0) is 25.0 Å². The van der Waals surface area contributed by atoms with Crippen LogP contribution in [0.25, 0.3) is 0 Å². The maximum absolute atomic E-state index is 12.9. The number of halogens is 1. The van der Waals surface area contributed by atoms with E-state index in [9.17, 15) is 9.18 Å². The third kappa shape index (κ3) is 2.04. The molecular weight excluding hydrogens is 211 g/mol. The fraction of sp³-hybridized carbons (Fsp3) is 0.455. The minimum absolute atomic E-state index is 0.0545. The van der Waals surface area contributed by atoms with Crippen LogP contribution in [0.1, 0.15) is 23.3 Å². The number of aliphatic hydroxyl groups excluding tert-OH is 1. The molecule has 5 heteroatoms. The second-order valence-electron chi connectivity index (χ2n) is 3.82. The van der Waals surface area contributed by atoms with Gasteiger partial charge in [0.1, 0.15) is 5.69 Å². The molecule has 1 amide bonds. The summed E-state index contributed by atoms with van der Waals surface area (Å²) < 4.78 is 12.9. The molecule has 1 saturated heterocycles. The number of rotatable bonds is 2. The minimum atomic E-state index is -0.661. The summed E-state index contributed by atoms with van der Waals surface area (Å²) in [7, 11) is 0. The Hall–Kier alpha value is -1.49. The Kier molecular flexibility index (Phi) is 3.14. The van der Waals surface area contributed by atoms with Crippen molar-refractivity contribution in [2.45, 2.75) is 18.9 Å². The van der Waals surface area contributed by atoms with Gasteiger partial charge in [-0.25, -0.2) is 4.98 Å². The number of aliphatic hydroxyl groups is 1. The van der Waals surface area contributed by atoms with Crippen molar-refractivity contribution in [3.63, 3.8) is 0 Å². The molecule has 1 aliphatic rings. The Morgan fingerprint density at radius 2 is 2.44 bits per heavy atom. The van der Waals surface area contributed by atoms with Crippen molar-refractivity contribution in [1.82, 2.24) is 9.88 Å². The molecule has 1 aromatic heterocycles. The normalized spacial score (nSPS) is 20.1. The van der Waals surface area contributed by atoms with Crippen LogP contribution >= 0.6 is 0 Å². The summed E-state index contributed by atoms with van der Waals surface area (Å²) in [6, 6.07) is 3.99. The van der Waals surface area contributed by atoms with E-state index in [1.54, 1.807) is 4.90 Å². The van der Waals surface area contributed by atoms with Gasteiger partial charge in [0.15, 0.2) is 0 Å². The van der Waals surface area contributed by atoms with Crippen LogP contribution in [0.2, 0.25) is 0 Å². The number of nitrogens with zero attached hydrogens (tertiary/aromatic N) is 2. The minimum Gasteiger partial charge on any atom is -0.394 e. The molecule has 2 heterocycles. The summed E-state index contributed by atoms with van der Waals surface area (Å²) in [6.07, 6.45) is 1.66. The fourth-order valence-corrected chi connectivity index (χ4v) is 1.97. The van der Waals surface area contributed by atoms with E-state index in [1.807, 2.05) is 0 Å². The lowest BCUT2D eigenvalue weighted by Gasteiger charge is -2.22. The standard InChI is InChI=1S/C11H13FN2O2/c12-10-5-1-4-9(13-10)11(16)14-6-2-3-8(14)7-15/h1,4-5,8,15H,2-3,6-7H2. The smallest absolute Gasteiger partial charge is 0.272 e. The Morgan fingerprint density at radius 1 is 1.62 bits per heavy atom. The van der Waals surface area contributed by atoms with Gasteiger partial charge in [0, 0.05) is 6.54 Å². The zero-order valence-corrected chi connectivity index (χ0v) is 8.77. The van der Waals surface area contributed by atoms with Crippen molar-refractivity contribution >= 4 is 5.91 Å². The molecule has 0 saturated carbocycles. The van der Waals surface area contributed by atoms with E-state index in [0.29, 0.717) is 6.54 Å². The van der Waals surface area contributed by atoms with Crippen molar-refractivity contribution in [1.29, 1.82) is 0 Å². The van der Waals surface area contributed by atoms with Gasteiger partial charge in [-0.2, -0.15) is 4.39 Å². The van der Waals surface area contributed by atoms with Gasteiger partial charge in [0.2, 0.25) is 5.95 Å². The number of likely N-dealkylation sites (tertiary alicyclic amines) is 1. The number of hydrogen-bond donors (Lipinski definition) is 1. The molecule has 1 atom stereocenters. The van der Waals surface area contributed by atoms with Gasteiger partial charge in [0.05, 0.1) is 12.6 Å². The van der Waals surface area contributed by atoms with Crippen LogP contribution in [-0.2, 0) is 0 Å². The lowest BCUT2D eigenvalue weighted by molar-refractivity contribution is 0.0670. The highest BCUT2D eigenvalue weighted by Crippen LogP contribution is 2.18. The first-order valence-electron chi connectivity index (χ1n) is 5.27. The molecule has 0 aromatic carbocycles. The van der Waals surface area contributed by atoms with E-state index < -0.39 is 5.95 Å². The van der Waals surface area contributed by atoms with Crippen LogP contribution in [-0.4, -0.2) is 40.1 Å². The molecule has 0 radical (unpaired) electrons. The average Bonchev–Trinajstić information content (AvgIpc) is 2.76. The largest absolute Gasteiger partial charge is 0.394 e. The summed E-state index contributed by atoms with van der Waals surface area (Å²) in [5, 5.41) is 9.10. The van der Waals surface area contributed by atoms with Gasteiger partial charge in [0.25, 0.3) is 5.91 Å². The molecule has 16 heavy (non-hydrogen) atoms. The van der Waals surface area contributed by atoms with Crippen LogP contribution < -0.4 is 0 Å². The molecular formula is C11H13FN2O2.